The zero-order valence-corrected chi connectivity index (χ0v) is 17.2. The molecule has 0 saturated carbocycles. The lowest BCUT2D eigenvalue weighted by atomic mass is 10.2. The molecule has 1 heterocycles. The summed E-state index contributed by atoms with van der Waals surface area (Å²) in [6.45, 7) is 1.61. The summed E-state index contributed by atoms with van der Waals surface area (Å²) in [5.74, 6) is -0.708. The number of hydrogen-bond acceptors (Lipinski definition) is 10. The van der Waals surface area contributed by atoms with Gasteiger partial charge in [-0.15, -0.1) is 0 Å². The van der Waals surface area contributed by atoms with E-state index in [9.17, 15) is 25.8 Å². The van der Waals surface area contributed by atoms with E-state index in [0.29, 0.717) is 5.56 Å². The smallest absolute Gasteiger partial charge is 0.315 e. The summed E-state index contributed by atoms with van der Waals surface area (Å²) in [5.41, 5.74) is 5.92. The number of nitrogens with zero attached hydrogens (tertiary/aromatic N) is 3. The van der Waals surface area contributed by atoms with Crippen LogP contribution in [0.3, 0.4) is 0 Å². The zero-order chi connectivity index (χ0) is 23.0. The van der Waals surface area contributed by atoms with Gasteiger partial charge < -0.3 is 16.4 Å². The summed E-state index contributed by atoms with van der Waals surface area (Å²) in [7, 11) is -9.12. The van der Waals surface area contributed by atoms with E-state index >= 15 is 0 Å². The summed E-state index contributed by atoms with van der Waals surface area (Å²) in [5, 5.41) is 5.07. The molecule has 3 aromatic rings. The predicted octanol–water partition coefficient (Wildman–Crippen LogP) is 1.88. The van der Waals surface area contributed by atoms with Gasteiger partial charge in [0.2, 0.25) is 11.9 Å². The molecule has 0 fully saturated rings. The number of halogens is 1. The molecule has 0 radical (unpaired) electrons. The third kappa shape index (κ3) is 5.40. The molecule has 0 unspecified atom stereocenters. The first-order valence-corrected chi connectivity index (χ1v) is 11.1. The standard InChI is InChI=1S/C16H15FN6O6S2/c1-8-2-4-11(13(6-8)31(27,28)29)20-16-22-14(17)21-15(23-16)19-9-3-5-12(10(18)7-9)30(24,25)26/h2-7H,18H2,1H3,(H,24,25,26)(H,27,28,29)(H2,19,20,21,22,23). The van der Waals surface area contributed by atoms with Gasteiger partial charge in [-0.2, -0.15) is 36.2 Å². The number of benzene rings is 2. The SMILES string of the molecule is Cc1ccc(Nc2nc(F)nc(Nc3ccc(S(=O)(=O)O)c(N)c3)n2)c(S(=O)(=O)O)c1. The van der Waals surface area contributed by atoms with Crippen molar-refractivity contribution in [2.45, 2.75) is 16.7 Å². The molecule has 2 aromatic carbocycles. The molecular formula is C16H15FN6O6S2. The van der Waals surface area contributed by atoms with Crippen molar-refractivity contribution >= 4 is 49.2 Å². The summed E-state index contributed by atoms with van der Waals surface area (Å²) in [4.78, 5) is 9.79. The Hall–Kier alpha value is -3.40. The molecule has 0 spiro atoms. The van der Waals surface area contributed by atoms with E-state index in [-0.39, 0.29) is 29.0 Å². The van der Waals surface area contributed by atoms with E-state index in [0.717, 1.165) is 12.1 Å². The minimum absolute atomic E-state index is 0.105. The Morgan fingerprint density at radius 1 is 0.871 bits per heavy atom. The molecule has 0 amide bonds. The van der Waals surface area contributed by atoms with Gasteiger partial charge in [0, 0.05) is 5.69 Å². The molecule has 0 atom stereocenters. The van der Waals surface area contributed by atoms with Crippen LogP contribution in [0, 0.1) is 13.0 Å². The summed E-state index contributed by atoms with van der Waals surface area (Å²) < 4.78 is 78.0. The molecule has 1 aromatic heterocycles. The highest BCUT2D eigenvalue weighted by molar-refractivity contribution is 7.86. The lowest BCUT2D eigenvalue weighted by molar-refractivity contribution is 0.481. The van der Waals surface area contributed by atoms with Crippen LogP contribution < -0.4 is 16.4 Å². The molecule has 3 rings (SSSR count). The van der Waals surface area contributed by atoms with Crippen molar-refractivity contribution in [3.8, 4) is 0 Å². The van der Waals surface area contributed by atoms with Crippen LogP contribution in [0.15, 0.2) is 46.2 Å². The molecule has 12 nitrogen and oxygen atoms in total. The molecule has 31 heavy (non-hydrogen) atoms. The molecule has 0 aliphatic rings. The number of anilines is 5. The average molecular weight is 470 g/mol. The Kier molecular flexibility index (Phi) is 5.77. The molecule has 15 heteroatoms. The molecule has 6 N–H and O–H groups in total. The van der Waals surface area contributed by atoms with Crippen molar-refractivity contribution in [2.24, 2.45) is 0 Å². The minimum Gasteiger partial charge on any atom is -0.398 e. The Morgan fingerprint density at radius 2 is 1.48 bits per heavy atom. The maximum atomic E-state index is 13.9. The van der Waals surface area contributed by atoms with E-state index in [1.54, 1.807) is 13.0 Å². The van der Waals surface area contributed by atoms with Crippen LogP contribution >= 0.6 is 0 Å². The van der Waals surface area contributed by atoms with Crippen molar-refractivity contribution in [1.29, 1.82) is 0 Å². The second-order valence-electron chi connectivity index (χ2n) is 6.20. The first-order chi connectivity index (χ1) is 14.3. The lowest BCUT2D eigenvalue weighted by Crippen LogP contribution is -2.09. The fourth-order valence-corrected chi connectivity index (χ4v) is 3.85. The van der Waals surface area contributed by atoms with Crippen LogP contribution in [0.2, 0.25) is 0 Å². The van der Waals surface area contributed by atoms with Crippen LogP contribution in [0.1, 0.15) is 5.56 Å². The Morgan fingerprint density at radius 3 is 2.06 bits per heavy atom. The van der Waals surface area contributed by atoms with Crippen molar-refractivity contribution < 1.29 is 30.3 Å². The van der Waals surface area contributed by atoms with E-state index in [4.69, 9.17) is 10.3 Å². The van der Waals surface area contributed by atoms with E-state index in [2.05, 4.69) is 25.6 Å². The second-order valence-corrected chi connectivity index (χ2v) is 8.98. The van der Waals surface area contributed by atoms with Gasteiger partial charge in [-0.1, -0.05) is 6.07 Å². The van der Waals surface area contributed by atoms with Crippen molar-refractivity contribution in [1.82, 2.24) is 15.0 Å². The van der Waals surface area contributed by atoms with E-state index < -0.39 is 36.1 Å². The summed E-state index contributed by atoms with van der Waals surface area (Å²) >= 11 is 0. The monoisotopic (exact) mass is 470 g/mol. The van der Waals surface area contributed by atoms with Crippen molar-refractivity contribution in [3.63, 3.8) is 0 Å². The van der Waals surface area contributed by atoms with Crippen molar-refractivity contribution in [2.75, 3.05) is 16.4 Å². The van der Waals surface area contributed by atoms with Crippen molar-refractivity contribution in [3.05, 3.63) is 48.0 Å². The first kappa shape index (κ1) is 22.3. The molecule has 0 aliphatic carbocycles. The number of aromatic nitrogens is 3. The van der Waals surface area contributed by atoms with Gasteiger partial charge in [0.05, 0.1) is 11.4 Å². The fraction of sp³-hybridized carbons (Fsp3) is 0.0625. The Balaban J connectivity index is 1.93. The number of nitrogen functional groups attached to an aromatic ring is 1. The van der Waals surface area contributed by atoms with E-state index in [1.807, 2.05) is 0 Å². The van der Waals surface area contributed by atoms with Crippen LogP contribution in [-0.4, -0.2) is 40.9 Å². The van der Waals surface area contributed by atoms with Gasteiger partial charge in [-0.05, 0) is 42.8 Å². The third-order valence-corrected chi connectivity index (χ3v) is 5.63. The van der Waals surface area contributed by atoms with Gasteiger partial charge in [0.1, 0.15) is 9.79 Å². The predicted molar refractivity (Wildman–Crippen MR) is 108 cm³/mol. The zero-order valence-electron chi connectivity index (χ0n) is 15.6. The number of nitrogens with one attached hydrogen (secondary N) is 2. The van der Waals surface area contributed by atoms with Crippen LogP contribution in [0.5, 0.6) is 0 Å². The normalized spacial score (nSPS) is 11.9. The molecule has 0 bridgehead atoms. The highest BCUT2D eigenvalue weighted by Gasteiger charge is 2.18. The third-order valence-electron chi connectivity index (χ3n) is 3.81. The van der Waals surface area contributed by atoms with Crippen LogP contribution in [0.25, 0.3) is 0 Å². The summed E-state index contributed by atoms with van der Waals surface area (Å²) in [6, 6.07) is 7.48. The van der Waals surface area contributed by atoms with Gasteiger partial charge in [0.15, 0.2) is 0 Å². The maximum Gasteiger partial charge on any atom is 0.315 e. The van der Waals surface area contributed by atoms with Crippen LogP contribution in [-0.2, 0) is 20.2 Å². The van der Waals surface area contributed by atoms with Gasteiger partial charge in [-0.3, -0.25) is 9.11 Å². The highest BCUT2D eigenvalue weighted by atomic mass is 32.2. The van der Waals surface area contributed by atoms with Gasteiger partial charge in [0.25, 0.3) is 20.2 Å². The molecular weight excluding hydrogens is 455 g/mol. The van der Waals surface area contributed by atoms with Gasteiger partial charge >= 0.3 is 6.08 Å². The van der Waals surface area contributed by atoms with Gasteiger partial charge in [-0.25, -0.2) is 0 Å². The Labute approximate surface area is 175 Å². The van der Waals surface area contributed by atoms with Crippen LogP contribution in [0.4, 0.5) is 33.3 Å². The highest BCUT2D eigenvalue weighted by Crippen LogP contribution is 2.26. The topological polar surface area (TPSA) is 197 Å². The first-order valence-electron chi connectivity index (χ1n) is 8.24. The quantitative estimate of drug-likeness (QED) is 0.259. The lowest BCUT2D eigenvalue weighted by Gasteiger charge is -2.11. The number of aryl methyl sites for hydroxylation is 1. The number of hydrogen-bond donors (Lipinski definition) is 5. The maximum absolute atomic E-state index is 13.9. The van der Waals surface area contributed by atoms with E-state index in [1.165, 1.54) is 18.2 Å². The molecule has 0 saturated heterocycles. The fourth-order valence-electron chi connectivity index (χ4n) is 2.52. The number of nitrogens with two attached hydrogens (primary N) is 1. The molecule has 164 valence electrons. The average Bonchev–Trinajstić information content (AvgIpc) is 2.61. The second kappa shape index (κ2) is 8.03. The summed E-state index contributed by atoms with van der Waals surface area (Å²) in [6.07, 6.45) is -1.22. The Bertz CT molecular complexity index is 1380. The number of rotatable bonds is 6. The minimum atomic E-state index is -4.59. The molecule has 0 aliphatic heterocycles. The largest absolute Gasteiger partial charge is 0.398 e.